The Kier molecular flexibility index (Phi) is 3.66. The Hall–Kier alpha value is -2.13. The van der Waals surface area contributed by atoms with Crippen molar-refractivity contribution in [3.05, 3.63) is 23.8 Å². The van der Waals surface area contributed by atoms with Gasteiger partial charge >= 0.3 is 18.4 Å². The summed E-state index contributed by atoms with van der Waals surface area (Å²) in [6.45, 7) is 1.07. The second-order valence-corrected chi connectivity index (χ2v) is 4.73. The zero-order chi connectivity index (χ0) is 16.9. The van der Waals surface area contributed by atoms with Gasteiger partial charge in [0.25, 0.3) is 0 Å². The van der Waals surface area contributed by atoms with Gasteiger partial charge in [-0.05, 0) is 25.1 Å². The van der Waals surface area contributed by atoms with E-state index in [4.69, 9.17) is 5.73 Å². The minimum absolute atomic E-state index is 0.266. The van der Waals surface area contributed by atoms with E-state index in [9.17, 15) is 31.1 Å². The Morgan fingerprint density at radius 2 is 1.77 bits per heavy atom. The third kappa shape index (κ3) is 2.77. The average molecular weight is 328 g/mol. The van der Waals surface area contributed by atoms with Gasteiger partial charge in [-0.1, -0.05) is 0 Å². The van der Waals surface area contributed by atoms with Gasteiger partial charge in [0.1, 0.15) is 0 Å². The lowest BCUT2D eigenvalue weighted by atomic mass is 10.1. The van der Waals surface area contributed by atoms with Crippen molar-refractivity contribution < 1.29 is 35.9 Å². The van der Waals surface area contributed by atoms with Crippen LogP contribution in [0, 0.1) is 0 Å². The Morgan fingerprint density at radius 1 is 1.18 bits per heavy atom. The molecule has 2 atom stereocenters. The van der Waals surface area contributed by atoms with Crippen LogP contribution < -0.4 is 10.6 Å². The molecular formula is C12H10F6N2O2. The number of hydrogen-bond donors (Lipinski definition) is 1. The summed E-state index contributed by atoms with van der Waals surface area (Å²) >= 11 is 0. The molecule has 1 fully saturated rings. The molecule has 1 saturated heterocycles. The summed E-state index contributed by atoms with van der Waals surface area (Å²) in [6.07, 6.45) is -13.1. The molecule has 2 N–H and O–H groups in total. The van der Waals surface area contributed by atoms with Crippen molar-refractivity contribution in [3.8, 4) is 0 Å². The minimum Gasteiger partial charge on any atom is -0.434 e. The number of amides is 1. The molecule has 0 spiro atoms. The maximum atomic E-state index is 12.7. The van der Waals surface area contributed by atoms with E-state index in [-0.39, 0.29) is 5.69 Å². The summed E-state index contributed by atoms with van der Waals surface area (Å²) in [5.74, 6) is 0. The topological polar surface area (TPSA) is 55.6 Å². The Balaban J connectivity index is 2.38. The lowest BCUT2D eigenvalue weighted by Crippen LogP contribution is -2.41. The van der Waals surface area contributed by atoms with Crippen LogP contribution in [0.4, 0.5) is 42.5 Å². The first-order valence-corrected chi connectivity index (χ1v) is 5.96. The molecule has 0 radical (unpaired) electrons. The largest absolute Gasteiger partial charge is 0.434 e. The number of carbonyl (C=O) groups excluding carboxylic acids is 1. The highest BCUT2D eigenvalue weighted by atomic mass is 19.4. The number of nitrogens with two attached hydrogens (primary N) is 1. The van der Waals surface area contributed by atoms with Gasteiger partial charge in [0.15, 0.2) is 0 Å². The molecule has 0 saturated carbocycles. The SMILES string of the molecule is C[C@H]1[C@@H](C(F)(F)F)OC(=O)N1c1ccc(C(F)(F)F)cc1N. The predicted octanol–water partition coefficient (Wildman–Crippen LogP) is 3.56. The number of benzene rings is 1. The third-order valence-corrected chi connectivity index (χ3v) is 3.21. The number of rotatable bonds is 1. The summed E-state index contributed by atoms with van der Waals surface area (Å²) in [5.41, 5.74) is 3.64. The first kappa shape index (κ1) is 16.2. The Bertz CT molecular complexity index is 598. The molecule has 22 heavy (non-hydrogen) atoms. The summed E-state index contributed by atoms with van der Waals surface area (Å²) in [6, 6.07) is 0.573. The van der Waals surface area contributed by atoms with Gasteiger partial charge in [0.2, 0.25) is 6.10 Å². The molecule has 1 aromatic carbocycles. The van der Waals surface area contributed by atoms with Crippen LogP contribution in [0.25, 0.3) is 0 Å². The van der Waals surface area contributed by atoms with E-state index in [1.807, 2.05) is 0 Å². The quantitative estimate of drug-likeness (QED) is 0.633. The maximum absolute atomic E-state index is 12.7. The first-order valence-electron chi connectivity index (χ1n) is 5.96. The Morgan fingerprint density at radius 3 is 2.18 bits per heavy atom. The molecule has 1 heterocycles. The van der Waals surface area contributed by atoms with E-state index < -0.39 is 41.8 Å². The highest BCUT2D eigenvalue weighted by molar-refractivity contribution is 5.94. The number of ether oxygens (including phenoxy) is 1. The van der Waals surface area contributed by atoms with Crippen LogP contribution in [-0.4, -0.2) is 24.4 Å². The van der Waals surface area contributed by atoms with Gasteiger partial charge in [-0.3, -0.25) is 4.90 Å². The van der Waals surface area contributed by atoms with E-state index in [1.165, 1.54) is 0 Å². The second-order valence-electron chi connectivity index (χ2n) is 4.73. The standard InChI is InChI=1S/C12H10F6N2O2/c1-5-9(12(16,17)18)22-10(21)20(5)8-3-2-6(4-7(8)19)11(13,14)15/h2-5,9H,19H2,1H3/t5-,9-/m0/s1. The number of nitrogens with zero attached hydrogens (tertiary/aromatic N) is 1. The lowest BCUT2D eigenvalue weighted by Gasteiger charge is -2.23. The summed E-state index contributed by atoms with van der Waals surface area (Å²) < 4.78 is 80.0. The first-order chi connectivity index (χ1) is 9.93. The normalized spacial score (nSPS) is 22.9. The number of hydrogen-bond acceptors (Lipinski definition) is 3. The van der Waals surface area contributed by atoms with Crippen LogP contribution in [0.5, 0.6) is 0 Å². The van der Waals surface area contributed by atoms with Gasteiger partial charge < -0.3 is 10.5 Å². The van der Waals surface area contributed by atoms with E-state index in [0.717, 1.165) is 13.0 Å². The zero-order valence-corrected chi connectivity index (χ0v) is 11.0. The van der Waals surface area contributed by atoms with Gasteiger partial charge in [-0.2, -0.15) is 26.3 Å². The number of anilines is 2. The van der Waals surface area contributed by atoms with Gasteiger partial charge in [0, 0.05) is 0 Å². The van der Waals surface area contributed by atoms with Crippen LogP contribution in [0.3, 0.4) is 0 Å². The van der Waals surface area contributed by atoms with E-state index >= 15 is 0 Å². The average Bonchev–Trinajstić information content (AvgIpc) is 2.64. The molecule has 1 aliphatic heterocycles. The number of carbonyl (C=O) groups is 1. The Labute approximate surface area is 120 Å². The molecule has 0 aromatic heterocycles. The number of cyclic esters (lactones) is 1. The third-order valence-electron chi connectivity index (χ3n) is 3.21. The van der Waals surface area contributed by atoms with Crippen molar-refractivity contribution in [2.45, 2.75) is 31.4 Å². The fourth-order valence-corrected chi connectivity index (χ4v) is 2.17. The molecule has 2 rings (SSSR count). The van der Waals surface area contributed by atoms with Gasteiger partial charge in [-0.15, -0.1) is 0 Å². The molecule has 122 valence electrons. The van der Waals surface area contributed by atoms with Crippen molar-refractivity contribution in [3.63, 3.8) is 0 Å². The molecule has 4 nitrogen and oxygen atoms in total. The number of halogens is 6. The van der Waals surface area contributed by atoms with Gasteiger partial charge in [0.05, 0.1) is 23.0 Å². The van der Waals surface area contributed by atoms with Crippen LogP contribution in [-0.2, 0) is 10.9 Å². The van der Waals surface area contributed by atoms with E-state index in [0.29, 0.717) is 17.0 Å². The predicted molar refractivity (Wildman–Crippen MR) is 64.1 cm³/mol. The molecule has 1 aliphatic rings. The monoisotopic (exact) mass is 328 g/mol. The smallest absolute Gasteiger partial charge is 0.427 e. The van der Waals surface area contributed by atoms with Crippen LogP contribution in [0.1, 0.15) is 12.5 Å². The van der Waals surface area contributed by atoms with Crippen LogP contribution in [0.2, 0.25) is 0 Å². The van der Waals surface area contributed by atoms with Crippen LogP contribution in [0.15, 0.2) is 18.2 Å². The fourth-order valence-electron chi connectivity index (χ4n) is 2.17. The highest BCUT2D eigenvalue weighted by Crippen LogP contribution is 2.39. The summed E-state index contributed by atoms with van der Waals surface area (Å²) in [7, 11) is 0. The van der Waals surface area contributed by atoms with Crippen molar-refractivity contribution in [2.75, 3.05) is 10.6 Å². The number of alkyl halides is 6. The summed E-state index contributed by atoms with van der Waals surface area (Å²) in [4.78, 5) is 12.2. The van der Waals surface area contributed by atoms with Gasteiger partial charge in [-0.25, -0.2) is 4.79 Å². The molecule has 0 aliphatic carbocycles. The van der Waals surface area contributed by atoms with Crippen molar-refractivity contribution in [1.82, 2.24) is 0 Å². The molecule has 10 heteroatoms. The van der Waals surface area contributed by atoms with Crippen molar-refractivity contribution in [2.24, 2.45) is 0 Å². The van der Waals surface area contributed by atoms with Crippen molar-refractivity contribution >= 4 is 17.5 Å². The van der Waals surface area contributed by atoms with Crippen LogP contribution >= 0.6 is 0 Å². The summed E-state index contributed by atoms with van der Waals surface area (Å²) in [5, 5.41) is 0. The highest BCUT2D eigenvalue weighted by Gasteiger charge is 2.55. The van der Waals surface area contributed by atoms with E-state index in [2.05, 4.69) is 4.74 Å². The number of nitrogen functional groups attached to an aromatic ring is 1. The fraction of sp³-hybridized carbons (Fsp3) is 0.417. The minimum atomic E-state index is -4.79. The lowest BCUT2D eigenvalue weighted by molar-refractivity contribution is -0.198. The zero-order valence-electron chi connectivity index (χ0n) is 11.0. The molecular weight excluding hydrogens is 318 g/mol. The molecule has 1 amide bonds. The second kappa shape index (κ2) is 4.96. The maximum Gasteiger partial charge on any atom is 0.427 e. The van der Waals surface area contributed by atoms with Crippen molar-refractivity contribution in [1.29, 1.82) is 0 Å². The van der Waals surface area contributed by atoms with E-state index in [1.54, 1.807) is 0 Å². The molecule has 0 bridgehead atoms. The molecule has 0 unspecified atom stereocenters. The molecule has 1 aromatic rings.